The van der Waals surface area contributed by atoms with Crippen LogP contribution in [0, 0.1) is 41.4 Å². The van der Waals surface area contributed by atoms with E-state index in [0.29, 0.717) is 19.3 Å². The maximum Gasteiger partial charge on any atom is 0.393 e. The van der Waals surface area contributed by atoms with Gasteiger partial charge in [0.2, 0.25) is 70.9 Å². The number of halogens is 4. The van der Waals surface area contributed by atoms with Crippen molar-refractivity contribution in [3.63, 3.8) is 0 Å². The van der Waals surface area contributed by atoms with E-state index < -0.39 is 179 Å². The number of nitrogens with one attached hydrogen (secondary N) is 3. The summed E-state index contributed by atoms with van der Waals surface area (Å²) in [5.41, 5.74) is 0. The topological polar surface area (TPSA) is 270 Å². The monoisotopic (exact) mass is 1390 g/mol. The molecule has 3 N–H and O–H groups in total. The van der Waals surface area contributed by atoms with Gasteiger partial charge in [-0.05, 0) is 114 Å². The third-order valence-corrected chi connectivity index (χ3v) is 22.2. The average molecular weight is 1400 g/mol. The molecule has 0 aromatic rings. The molecule has 550 valence electrons. The Morgan fingerprint density at radius 1 is 0.598 bits per heavy atom. The first-order valence-corrected chi connectivity index (χ1v) is 35.7. The summed E-state index contributed by atoms with van der Waals surface area (Å²) >= 11 is 6.36. The number of carbonyl (C=O) groups is 12. The van der Waals surface area contributed by atoms with Crippen LogP contribution in [0.4, 0.5) is 13.2 Å². The number of carbonyl (C=O) groups excluding carboxylic acids is 12. The molecule has 2 saturated heterocycles. The quantitative estimate of drug-likeness (QED) is 0.211. The van der Waals surface area contributed by atoms with Crippen LogP contribution in [-0.2, 0) is 57.5 Å². The van der Waals surface area contributed by atoms with Gasteiger partial charge in [-0.25, -0.2) is 0 Å². The van der Waals surface area contributed by atoms with Crippen molar-refractivity contribution in [1.82, 2.24) is 60.0 Å². The molecule has 5 fully saturated rings. The molecule has 28 heteroatoms. The molecule has 0 spiro atoms. The third kappa shape index (κ3) is 20.5. The van der Waals surface area contributed by atoms with E-state index in [0.717, 1.165) is 59.6 Å². The first kappa shape index (κ1) is 81.4. The van der Waals surface area contributed by atoms with Gasteiger partial charge in [0.25, 0.3) is 0 Å². The summed E-state index contributed by atoms with van der Waals surface area (Å²) in [6.45, 7) is 13.2. The molecule has 2 aliphatic heterocycles. The lowest BCUT2D eigenvalue weighted by atomic mass is 9.78. The van der Waals surface area contributed by atoms with E-state index in [1.165, 1.54) is 107 Å². The van der Waals surface area contributed by atoms with Crippen LogP contribution in [-0.4, -0.2) is 263 Å². The highest BCUT2D eigenvalue weighted by Gasteiger charge is 2.50. The van der Waals surface area contributed by atoms with Gasteiger partial charge in [-0.3, -0.25) is 57.5 Å². The molecule has 2 heterocycles. The van der Waals surface area contributed by atoms with Gasteiger partial charge in [0, 0.05) is 75.4 Å². The molecule has 0 radical (unpaired) electrons. The van der Waals surface area contributed by atoms with Gasteiger partial charge < -0.3 is 60.0 Å². The van der Waals surface area contributed by atoms with E-state index in [2.05, 4.69) is 16.0 Å². The van der Waals surface area contributed by atoms with Crippen molar-refractivity contribution >= 4 is 82.5 Å². The molecular weight excluding hydrogens is 1280 g/mol. The molecule has 3 saturated carbocycles. The number of alkyl halides is 4. The van der Waals surface area contributed by atoms with Gasteiger partial charge in [0.15, 0.2) is 0 Å². The molecule has 24 nitrogen and oxygen atoms in total. The second-order valence-corrected chi connectivity index (χ2v) is 30.2. The molecule has 3 aliphatic carbocycles. The van der Waals surface area contributed by atoms with E-state index in [1.54, 1.807) is 20.8 Å². The SMILES string of the molecule is CC[C@H](C)[C@@H]1NC(=O)[C@H](CC(C)C)N(C)C(=O)C[C@@H](C(=O)N(C)C)N(C)C(=O)[C@H](C2CCCC2)N(C)C(=O)[C@H](C(C)C)NC(=O)[C@H](C)N(C)C(=O)[C@H](CCC2CCC(C(F)(F)F)C(Cl)C2)NC(=O)CN(C)C(=O)[C@H](CC2CCCCC2)N(C)C(=O)[C@@H]2CCN2C(=O)[C@H](C)N(C)C1=O. The molecule has 3 unspecified atom stereocenters. The number of fused-ring (bicyclic) bond motifs is 1. The minimum Gasteiger partial charge on any atom is -0.347 e. The molecule has 5 aliphatic rings. The lowest BCUT2D eigenvalue weighted by Gasteiger charge is -2.45. The Morgan fingerprint density at radius 2 is 1.18 bits per heavy atom. The van der Waals surface area contributed by atoms with Crippen molar-refractivity contribution in [2.24, 2.45) is 41.4 Å². The van der Waals surface area contributed by atoms with Gasteiger partial charge >= 0.3 is 6.18 Å². The fraction of sp³-hybridized carbons (Fsp3) is 0.826. The third-order valence-electron chi connectivity index (χ3n) is 21.8. The molecule has 12 amide bonds. The number of likely N-dealkylation sites (N-methyl/N-ethyl adjacent to an activating group) is 8. The summed E-state index contributed by atoms with van der Waals surface area (Å²) < 4.78 is 41.8. The minimum absolute atomic E-state index is 0.0170. The van der Waals surface area contributed by atoms with Gasteiger partial charge in [-0.15, -0.1) is 11.6 Å². The molecular formula is C69H114ClF3N12O12. The van der Waals surface area contributed by atoms with Crippen molar-refractivity contribution in [1.29, 1.82) is 0 Å². The fourth-order valence-corrected chi connectivity index (χ4v) is 15.1. The second-order valence-electron chi connectivity index (χ2n) is 29.6. The Hall–Kier alpha value is -6.28. The van der Waals surface area contributed by atoms with Gasteiger partial charge in [0.05, 0.1) is 18.9 Å². The highest BCUT2D eigenvalue weighted by Crippen LogP contribution is 2.44. The molecule has 14 atom stereocenters. The van der Waals surface area contributed by atoms with Crippen molar-refractivity contribution in [3.8, 4) is 0 Å². The Kier molecular flexibility index (Phi) is 29.9. The number of hydrogen-bond acceptors (Lipinski definition) is 12. The Labute approximate surface area is 578 Å². The van der Waals surface area contributed by atoms with E-state index in [1.807, 2.05) is 20.8 Å². The Bertz CT molecular complexity index is 2800. The minimum atomic E-state index is -4.51. The summed E-state index contributed by atoms with van der Waals surface area (Å²) in [4.78, 5) is 188. The number of hydrogen-bond donors (Lipinski definition) is 3. The second kappa shape index (κ2) is 35.7. The molecule has 97 heavy (non-hydrogen) atoms. The zero-order valence-electron chi connectivity index (χ0n) is 60.7. The fourth-order valence-electron chi connectivity index (χ4n) is 14.6. The van der Waals surface area contributed by atoms with Crippen LogP contribution in [0.25, 0.3) is 0 Å². The van der Waals surface area contributed by atoms with Crippen molar-refractivity contribution in [2.45, 2.75) is 249 Å². The molecule has 0 bridgehead atoms. The lowest BCUT2D eigenvalue weighted by Crippen LogP contribution is -2.65. The summed E-state index contributed by atoms with van der Waals surface area (Å²) in [6, 6.07) is -12.4. The number of rotatable bonds is 12. The first-order chi connectivity index (χ1) is 45.3. The largest absolute Gasteiger partial charge is 0.393 e. The van der Waals surface area contributed by atoms with E-state index in [4.69, 9.17) is 11.6 Å². The highest BCUT2D eigenvalue weighted by atomic mass is 35.5. The predicted molar refractivity (Wildman–Crippen MR) is 360 cm³/mol. The van der Waals surface area contributed by atoms with Crippen LogP contribution in [0.2, 0.25) is 0 Å². The molecule has 0 aromatic carbocycles. The number of amides is 12. The normalized spacial score (nSPS) is 30.6. The van der Waals surface area contributed by atoms with Crippen LogP contribution in [0.15, 0.2) is 0 Å². The van der Waals surface area contributed by atoms with Crippen LogP contribution >= 0.6 is 11.6 Å². The van der Waals surface area contributed by atoms with Crippen LogP contribution in [0.5, 0.6) is 0 Å². The van der Waals surface area contributed by atoms with Crippen LogP contribution < -0.4 is 16.0 Å². The van der Waals surface area contributed by atoms with Crippen LogP contribution in [0.1, 0.15) is 177 Å². The zero-order valence-corrected chi connectivity index (χ0v) is 61.4. The summed E-state index contributed by atoms with van der Waals surface area (Å²) in [7, 11) is 12.8. The zero-order chi connectivity index (χ0) is 73.0. The number of nitrogens with zero attached hydrogens (tertiary/aromatic N) is 9. The first-order valence-electron chi connectivity index (χ1n) is 35.2. The van der Waals surface area contributed by atoms with E-state index in [9.17, 15) is 61.1 Å². The van der Waals surface area contributed by atoms with Crippen molar-refractivity contribution < 1.29 is 70.7 Å². The molecule has 5 rings (SSSR count). The summed E-state index contributed by atoms with van der Waals surface area (Å²) in [6.07, 6.45) is 2.70. The molecule has 0 aromatic heterocycles. The Morgan fingerprint density at radius 3 is 1.71 bits per heavy atom. The van der Waals surface area contributed by atoms with Gasteiger partial charge in [0.1, 0.15) is 60.4 Å². The lowest BCUT2D eigenvalue weighted by molar-refractivity contribution is -0.182. The average Bonchev–Trinajstić information content (AvgIpc) is 1.33. The maximum atomic E-state index is 15.3. The van der Waals surface area contributed by atoms with E-state index in [-0.39, 0.29) is 75.7 Å². The predicted octanol–water partition coefficient (Wildman–Crippen LogP) is 5.27. The summed E-state index contributed by atoms with van der Waals surface area (Å²) in [5, 5.41) is 7.25. The maximum absolute atomic E-state index is 15.3. The van der Waals surface area contributed by atoms with Crippen molar-refractivity contribution in [3.05, 3.63) is 0 Å². The Balaban J connectivity index is 1.60. The van der Waals surface area contributed by atoms with Gasteiger partial charge in [-0.2, -0.15) is 13.2 Å². The van der Waals surface area contributed by atoms with Gasteiger partial charge in [-0.1, -0.05) is 92.9 Å². The highest BCUT2D eigenvalue weighted by molar-refractivity contribution is 6.21. The van der Waals surface area contributed by atoms with Crippen molar-refractivity contribution in [2.75, 3.05) is 76.5 Å². The summed E-state index contributed by atoms with van der Waals surface area (Å²) in [5.74, 6) is -11.8. The smallest absolute Gasteiger partial charge is 0.347 e. The van der Waals surface area contributed by atoms with E-state index >= 15 is 9.59 Å². The standard InChI is InChI=1S/C69H114ClF3N12O12/c1-18-41(6)57-67(96)80(13)43(8)61(90)85-33-32-50(85)65(94)82(15)52(36-44-24-20-19-21-25-44)64(93)78(11)38-54(86)74-49(31-29-45-28-30-47(48(70)35-45)69(71,72)73)62(91)79(12)42(7)59(88)75-56(40(4)5)66(95)84(17)58(46-26-22-23-27-46)68(97)83(16)53(63(92)77(9)10)37-55(87)81(14)51(34-39(2)3)60(89)76-57/h39-53,56-58H,18-38H2,1-17H3,(H,74,86)(H,75,88)(H,76,89)/t41-,42-,43-,45?,47?,48?,49-,50-,51-,52-,53-,56-,57-,58-/m0/s1. The van der Waals surface area contributed by atoms with Crippen LogP contribution in [0.3, 0.4) is 0 Å².